The Labute approximate surface area is 545 Å². The van der Waals surface area contributed by atoms with Gasteiger partial charge in [0.2, 0.25) is 5.95 Å². The van der Waals surface area contributed by atoms with Gasteiger partial charge in [0.1, 0.15) is 0 Å². The molecule has 0 saturated heterocycles. The summed E-state index contributed by atoms with van der Waals surface area (Å²) in [6.45, 7) is 0. The van der Waals surface area contributed by atoms with Crippen LogP contribution < -0.4 is 9.80 Å². The van der Waals surface area contributed by atoms with Crippen LogP contribution in [0.2, 0.25) is 0 Å². The first-order valence-electron chi connectivity index (χ1n) is 31.8. The van der Waals surface area contributed by atoms with Crippen molar-refractivity contribution in [3.63, 3.8) is 0 Å². The summed E-state index contributed by atoms with van der Waals surface area (Å²) in [5.41, 5.74) is 22.4. The van der Waals surface area contributed by atoms with Crippen LogP contribution in [0.5, 0.6) is 0 Å². The highest BCUT2D eigenvalue weighted by molar-refractivity contribution is 6.12. The summed E-state index contributed by atoms with van der Waals surface area (Å²) in [6, 6.07) is 127. The molecule has 0 spiro atoms. The number of hydrogen-bond acceptors (Lipinski definition) is 5. The summed E-state index contributed by atoms with van der Waals surface area (Å²) in [5.74, 6) is 1.56. The molecule has 14 aromatic carbocycles. The van der Waals surface area contributed by atoms with Crippen molar-refractivity contribution in [2.75, 3.05) is 9.80 Å². The smallest absolute Gasteiger partial charge is 0.238 e. The Hall–Kier alpha value is -12.7. The van der Waals surface area contributed by atoms with Crippen molar-refractivity contribution in [3.05, 3.63) is 358 Å². The second-order valence-electron chi connectivity index (χ2n) is 23.6. The largest absolute Gasteiger partial charge is 0.310 e. The van der Waals surface area contributed by atoms with Gasteiger partial charge in [0.25, 0.3) is 0 Å². The van der Waals surface area contributed by atoms with Crippen LogP contribution >= 0.6 is 0 Å². The zero-order valence-corrected chi connectivity index (χ0v) is 51.2. The van der Waals surface area contributed by atoms with Crippen LogP contribution in [0.1, 0.15) is 0 Å². The molecule has 0 radical (unpaired) electrons. The molecule has 7 nitrogen and oxygen atoms in total. The molecule has 442 valence electrons. The Bertz CT molecular complexity index is 5590. The van der Waals surface area contributed by atoms with E-state index in [0.29, 0.717) is 17.6 Å². The lowest BCUT2D eigenvalue weighted by atomic mass is 9.94. The molecule has 0 N–H and O–H groups in total. The maximum absolute atomic E-state index is 5.52. The molecule has 17 rings (SSSR count). The van der Waals surface area contributed by atoms with Crippen molar-refractivity contribution < 1.29 is 0 Å². The summed E-state index contributed by atoms with van der Waals surface area (Å²) in [5, 5.41) is 4.85. The van der Waals surface area contributed by atoms with E-state index in [-0.39, 0.29) is 0 Å². The summed E-state index contributed by atoms with van der Waals surface area (Å²) in [7, 11) is 0. The number of anilines is 6. The maximum atomic E-state index is 5.52. The van der Waals surface area contributed by atoms with E-state index in [1.54, 1.807) is 0 Å². The standard InChI is InChI=1S/C87H59N7/c1-6-24-62(25-7-1)75-38-16-17-39-76(75)65-26-22-27-66(56-65)85-88-86(90-87(89-85)92(69-31-10-3-11-32-69)73-52-46-61(47-53-73)64-49-55-84-80(59-64)78-41-19-21-43-82(78)94(84)71-35-14-5-15-36-71)67-28-23-37-74(57-67)91(68-29-8-2-9-30-68)72-50-44-60(45-51-72)63-48-54-83-79(58-63)77-40-18-20-42-81(77)93(83)70-33-12-4-13-34-70/h1-59H. The van der Waals surface area contributed by atoms with Crippen molar-refractivity contribution >= 4 is 78.0 Å². The molecule has 0 bridgehead atoms. The molecule has 3 aromatic heterocycles. The van der Waals surface area contributed by atoms with Crippen LogP contribution in [0.15, 0.2) is 358 Å². The Morgan fingerprint density at radius 2 is 0.564 bits per heavy atom. The number of hydrogen-bond donors (Lipinski definition) is 0. The van der Waals surface area contributed by atoms with Gasteiger partial charge in [-0.15, -0.1) is 0 Å². The molecule has 0 unspecified atom stereocenters. The van der Waals surface area contributed by atoms with Crippen molar-refractivity contribution in [1.82, 2.24) is 24.1 Å². The molecule has 94 heavy (non-hydrogen) atoms. The van der Waals surface area contributed by atoms with Crippen molar-refractivity contribution in [1.29, 1.82) is 0 Å². The SMILES string of the molecule is c1ccc(-c2ccccc2-c2cccc(-c3nc(-c4cccc(N(c5ccccc5)c5ccc(-c6ccc7c(c6)c6ccccc6n7-c6ccccc6)cc5)c4)nc(N(c4ccccc4)c4ccc(-c5ccc6c(c5)c5ccccc5n6-c5ccccc5)cc4)n3)c2)cc1. The van der Waals surface area contributed by atoms with Crippen LogP contribution in [0.3, 0.4) is 0 Å². The second kappa shape index (κ2) is 23.9. The van der Waals surface area contributed by atoms with Gasteiger partial charge >= 0.3 is 0 Å². The van der Waals surface area contributed by atoms with Crippen molar-refractivity contribution in [2.24, 2.45) is 0 Å². The number of rotatable bonds is 14. The highest BCUT2D eigenvalue weighted by Crippen LogP contribution is 2.43. The van der Waals surface area contributed by atoms with Gasteiger partial charge in [-0.05, 0) is 172 Å². The predicted octanol–water partition coefficient (Wildman–Crippen LogP) is 23.0. The molecular weight excluding hydrogens is 1140 g/mol. The highest BCUT2D eigenvalue weighted by Gasteiger charge is 2.23. The van der Waals surface area contributed by atoms with Crippen LogP contribution in [0.25, 0.3) is 122 Å². The number of benzene rings is 14. The third-order valence-corrected chi connectivity index (χ3v) is 18.0. The second-order valence-corrected chi connectivity index (χ2v) is 23.6. The maximum Gasteiger partial charge on any atom is 0.238 e. The fraction of sp³-hybridized carbons (Fsp3) is 0. The minimum absolute atomic E-state index is 0.480. The van der Waals surface area contributed by atoms with Crippen LogP contribution in [-0.4, -0.2) is 24.1 Å². The minimum atomic E-state index is 0.480. The fourth-order valence-corrected chi connectivity index (χ4v) is 13.5. The van der Waals surface area contributed by atoms with E-state index in [1.165, 1.54) is 38.1 Å². The Kier molecular flexibility index (Phi) is 14.1. The average Bonchev–Trinajstić information content (AvgIpc) is 2.16. The lowest BCUT2D eigenvalue weighted by molar-refractivity contribution is 1.02. The van der Waals surface area contributed by atoms with Gasteiger partial charge in [-0.25, -0.2) is 4.98 Å². The van der Waals surface area contributed by atoms with Gasteiger partial charge < -0.3 is 14.0 Å². The van der Waals surface area contributed by atoms with E-state index in [4.69, 9.17) is 15.0 Å². The fourth-order valence-electron chi connectivity index (χ4n) is 13.5. The Morgan fingerprint density at radius 1 is 0.202 bits per heavy atom. The van der Waals surface area contributed by atoms with Gasteiger partial charge in [-0.2, -0.15) is 9.97 Å². The molecule has 3 heterocycles. The van der Waals surface area contributed by atoms with Gasteiger partial charge in [-0.1, -0.05) is 231 Å². The first-order chi connectivity index (χ1) is 46.6. The van der Waals surface area contributed by atoms with E-state index in [0.717, 1.165) is 101 Å². The van der Waals surface area contributed by atoms with Crippen LogP contribution in [0, 0.1) is 0 Å². The van der Waals surface area contributed by atoms with Gasteiger partial charge in [0, 0.05) is 72.5 Å². The molecule has 7 heteroatoms. The van der Waals surface area contributed by atoms with Crippen LogP contribution in [0.4, 0.5) is 34.4 Å². The predicted molar refractivity (Wildman–Crippen MR) is 390 cm³/mol. The third-order valence-electron chi connectivity index (χ3n) is 18.0. The molecule has 0 saturated carbocycles. The molecular formula is C87H59N7. The number of aromatic nitrogens is 5. The zero-order chi connectivity index (χ0) is 62.3. The molecule has 0 aliphatic heterocycles. The van der Waals surface area contributed by atoms with Crippen molar-refractivity contribution in [2.45, 2.75) is 0 Å². The summed E-state index contributed by atoms with van der Waals surface area (Å²) < 4.78 is 4.72. The van der Waals surface area contributed by atoms with Gasteiger partial charge in [0.05, 0.1) is 22.1 Å². The third kappa shape index (κ3) is 10.2. The zero-order valence-electron chi connectivity index (χ0n) is 51.2. The van der Waals surface area contributed by atoms with E-state index >= 15 is 0 Å². The lowest BCUT2D eigenvalue weighted by Crippen LogP contribution is -2.15. The number of fused-ring (bicyclic) bond motifs is 6. The molecule has 17 aromatic rings. The van der Waals surface area contributed by atoms with E-state index in [9.17, 15) is 0 Å². The Morgan fingerprint density at radius 3 is 1.10 bits per heavy atom. The quantitative estimate of drug-likeness (QED) is 0.109. The van der Waals surface area contributed by atoms with E-state index < -0.39 is 0 Å². The first kappa shape index (κ1) is 55.4. The molecule has 0 aliphatic rings. The molecule has 0 amide bonds. The average molecular weight is 1200 g/mol. The van der Waals surface area contributed by atoms with E-state index in [1.807, 2.05) is 6.07 Å². The topological polar surface area (TPSA) is 55.0 Å². The molecule has 0 aliphatic carbocycles. The first-order valence-corrected chi connectivity index (χ1v) is 31.8. The Balaban J connectivity index is 0.777. The van der Waals surface area contributed by atoms with Crippen LogP contribution in [-0.2, 0) is 0 Å². The van der Waals surface area contributed by atoms with Gasteiger partial charge in [0.15, 0.2) is 11.6 Å². The summed E-state index contributed by atoms with van der Waals surface area (Å²) in [4.78, 5) is 20.9. The summed E-state index contributed by atoms with van der Waals surface area (Å²) in [6.07, 6.45) is 0. The minimum Gasteiger partial charge on any atom is -0.310 e. The number of para-hydroxylation sites is 6. The van der Waals surface area contributed by atoms with E-state index in [2.05, 4.69) is 371 Å². The lowest BCUT2D eigenvalue weighted by Gasteiger charge is -2.26. The normalized spacial score (nSPS) is 11.4. The number of nitrogens with zero attached hydrogens (tertiary/aromatic N) is 7. The molecule has 0 fully saturated rings. The monoisotopic (exact) mass is 1200 g/mol. The highest BCUT2D eigenvalue weighted by atomic mass is 15.3. The molecule has 0 atom stereocenters. The van der Waals surface area contributed by atoms with Gasteiger partial charge in [-0.3, -0.25) is 4.90 Å². The summed E-state index contributed by atoms with van der Waals surface area (Å²) >= 11 is 0. The van der Waals surface area contributed by atoms with Crippen molar-refractivity contribution in [3.8, 4) is 78.7 Å².